The van der Waals surface area contributed by atoms with Crippen LogP contribution in [0.1, 0.15) is 35.7 Å². The van der Waals surface area contributed by atoms with Gasteiger partial charge in [-0.1, -0.05) is 0 Å². The van der Waals surface area contributed by atoms with E-state index in [1.165, 1.54) is 11.7 Å². The summed E-state index contributed by atoms with van der Waals surface area (Å²) in [5, 5.41) is 12.8. The lowest BCUT2D eigenvalue weighted by atomic mass is 9.94. The molecule has 0 radical (unpaired) electrons. The van der Waals surface area contributed by atoms with Crippen LogP contribution < -0.4 is 20.4 Å². The number of alkyl halides is 1. The number of ether oxygens (including phenoxy) is 1. The molecule has 9 heteroatoms. The van der Waals surface area contributed by atoms with Crippen LogP contribution in [-0.2, 0) is 0 Å². The molecule has 2 aliphatic heterocycles. The molecule has 1 aromatic heterocycles. The molecule has 0 amide bonds. The maximum atomic E-state index is 15.3. The Morgan fingerprint density at radius 1 is 1.37 bits per heavy atom. The fraction of sp³-hybridized carbons (Fsp3) is 0.524. The molecule has 7 nitrogen and oxygen atoms in total. The minimum absolute atomic E-state index is 0.109. The number of carboxylic acids is 1. The minimum atomic E-state index is -1.43. The molecule has 4 atom stereocenters. The van der Waals surface area contributed by atoms with Gasteiger partial charge in [0.05, 0.1) is 24.1 Å². The molecular formula is C21H23F2N3O4. The van der Waals surface area contributed by atoms with Crippen LogP contribution in [0.3, 0.4) is 0 Å². The molecule has 2 saturated heterocycles. The van der Waals surface area contributed by atoms with Gasteiger partial charge in [0.25, 0.3) is 0 Å². The molecule has 2 N–H and O–H groups in total. The zero-order chi connectivity index (χ0) is 21.2. The van der Waals surface area contributed by atoms with E-state index in [-0.39, 0.29) is 34.8 Å². The lowest BCUT2D eigenvalue weighted by Gasteiger charge is -2.25. The minimum Gasteiger partial charge on any atom is -0.492 e. The SMILES string of the molecule is COc1c(N2CC3CCCNC3C2)c(F)cc2c(=O)c(C(=O)O)cn([C@@H]3C[C@@H]3F)c12. The van der Waals surface area contributed by atoms with Crippen LogP contribution in [0.25, 0.3) is 10.9 Å². The Morgan fingerprint density at radius 3 is 2.77 bits per heavy atom. The van der Waals surface area contributed by atoms with E-state index in [1.807, 2.05) is 4.90 Å². The first kappa shape index (κ1) is 19.3. The maximum Gasteiger partial charge on any atom is 0.341 e. The molecule has 5 rings (SSSR count). The number of hydrogen-bond acceptors (Lipinski definition) is 5. The zero-order valence-electron chi connectivity index (χ0n) is 16.5. The van der Waals surface area contributed by atoms with E-state index in [0.717, 1.165) is 31.6 Å². The molecule has 0 spiro atoms. The molecule has 3 fully saturated rings. The monoisotopic (exact) mass is 419 g/mol. The number of carbonyl (C=O) groups is 1. The molecule has 1 saturated carbocycles. The predicted octanol–water partition coefficient (Wildman–Crippen LogP) is 2.32. The Morgan fingerprint density at radius 2 is 2.13 bits per heavy atom. The smallest absolute Gasteiger partial charge is 0.341 e. The summed E-state index contributed by atoms with van der Waals surface area (Å²) >= 11 is 0. The maximum absolute atomic E-state index is 15.3. The summed E-state index contributed by atoms with van der Waals surface area (Å²) in [7, 11) is 1.39. The van der Waals surface area contributed by atoms with Gasteiger partial charge in [0.1, 0.15) is 17.4 Å². The fourth-order valence-corrected chi connectivity index (χ4v) is 5.01. The Labute approximate surface area is 171 Å². The summed E-state index contributed by atoms with van der Waals surface area (Å²) in [5.74, 6) is -1.52. The van der Waals surface area contributed by atoms with E-state index in [4.69, 9.17) is 4.74 Å². The molecule has 160 valence electrons. The number of nitrogens with one attached hydrogen (secondary N) is 1. The molecule has 3 aliphatic rings. The molecule has 1 aromatic carbocycles. The van der Waals surface area contributed by atoms with Crippen molar-refractivity contribution in [2.45, 2.75) is 37.5 Å². The number of halogens is 2. The van der Waals surface area contributed by atoms with Crippen LogP contribution in [0.4, 0.5) is 14.5 Å². The molecule has 30 heavy (non-hydrogen) atoms. The number of anilines is 1. The molecule has 0 bridgehead atoms. The molecular weight excluding hydrogens is 396 g/mol. The van der Waals surface area contributed by atoms with Crippen molar-refractivity contribution in [3.63, 3.8) is 0 Å². The topological polar surface area (TPSA) is 83.8 Å². The van der Waals surface area contributed by atoms with E-state index in [9.17, 15) is 19.1 Å². The van der Waals surface area contributed by atoms with Crippen LogP contribution in [0.15, 0.2) is 17.1 Å². The first-order valence-corrected chi connectivity index (χ1v) is 10.2. The highest BCUT2D eigenvalue weighted by Crippen LogP contribution is 2.46. The Bertz CT molecular complexity index is 1090. The molecule has 3 heterocycles. The van der Waals surface area contributed by atoms with Crippen LogP contribution >= 0.6 is 0 Å². The summed E-state index contributed by atoms with van der Waals surface area (Å²) in [6.07, 6.45) is 2.36. The van der Waals surface area contributed by atoms with Crippen molar-refractivity contribution in [1.29, 1.82) is 0 Å². The predicted molar refractivity (Wildman–Crippen MR) is 107 cm³/mol. The van der Waals surface area contributed by atoms with E-state index >= 15 is 4.39 Å². The van der Waals surface area contributed by atoms with Gasteiger partial charge >= 0.3 is 5.97 Å². The second kappa shape index (κ2) is 6.94. The highest BCUT2D eigenvalue weighted by Gasteiger charge is 2.42. The molecule has 2 aromatic rings. The Balaban J connectivity index is 1.73. The third-order valence-corrected chi connectivity index (χ3v) is 6.59. The molecule has 2 unspecified atom stereocenters. The van der Waals surface area contributed by atoms with Crippen molar-refractivity contribution in [2.75, 3.05) is 31.6 Å². The quantitative estimate of drug-likeness (QED) is 0.792. The van der Waals surface area contributed by atoms with Gasteiger partial charge in [0.15, 0.2) is 11.6 Å². The first-order chi connectivity index (χ1) is 14.4. The summed E-state index contributed by atoms with van der Waals surface area (Å²) in [6.45, 7) is 2.20. The van der Waals surface area contributed by atoms with Crippen molar-refractivity contribution in [2.24, 2.45) is 5.92 Å². The number of fused-ring (bicyclic) bond motifs is 2. The normalized spacial score (nSPS) is 27.9. The van der Waals surface area contributed by atoms with Crippen LogP contribution in [0.2, 0.25) is 0 Å². The van der Waals surface area contributed by atoms with E-state index in [0.29, 0.717) is 19.0 Å². The number of nitrogens with zero attached hydrogens (tertiary/aromatic N) is 2. The summed E-state index contributed by atoms with van der Waals surface area (Å²) in [4.78, 5) is 26.2. The van der Waals surface area contributed by atoms with Crippen LogP contribution in [0, 0.1) is 11.7 Å². The number of carboxylic acid groups (broad SMARTS) is 1. The number of rotatable bonds is 4. The number of pyridine rings is 1. The third-order valence-electron chi connectivity index (χ3n) is 6.59. The number of aromatic nitrogens is 1. The van der Waals surface area contributed by atoms with Gasteiger partial charge in [-0.3, -0.25) is 4.79 Å². The second-order valence-corrected chi connectivity index (χ2v) is 8.41. The Hall–Kier alpha value is -2.68. The number of aromatic carboxylic acids is 1. The lowest BCUT2D eigenvalue weighted by molar-refractivity contribution is 0.0694. The van der Waals surface area contributed by atoms with Gasteiger partial charge in [-0.25, -0.2) is 13.6 Å². The summed E-state index contributed by atoms with van der Waals surface area (Å²) in [5.41, 5.74) is -0.817. The first-order valence-electron chi connectivity index (χ1n) is 10.2. The van der Waals surface area contributed by atoms with Gasteiger partial charge in [-0.2, -0.15) is 0 Å². The van der Waals surface area contributed by atoms with Gasteiger partial charge in [-0.05, 0) is 31.4 Å². The standard InChI is InChI=1S/C21H23F2N3O4/c1-30-20-17-11(19(27)12(21(28)29)8-26(17)16-6-13(16)22)5-14(23)18(20)25-7-10-3-2-4-24-15(10)9-25/h5,8,10,13,15-16,24H,2-4,6-7,9H2,1H3,(H,28,29)/t10?,13-,15?,16+/m0/s1. The number of piperidine rings is 1. The average molecular weight is 419 g/mol. The van der Waals surface area contributed by atoms with Crippen molar-refractivity contribution in [3.05, 3.63) is 33.9 Å². The van der Waals surface area contributed by atoms with Crippen molar-refractivity contribution in [3.8, 4) is 5.75 Å². The molecule has 1 aliphatic carbocycles. The summed E-state index contributed by atoms with van der Waals surface area (Å²) < 4.78 is 36.3. The summed E-state index contributed by atoms with van der Waals surface area (Å²) in [6, 6.07) is 0.735. The Kier molecular flexibility index (Phi) is 4.46. The van der Waals surface area contributed by atoms with Crippen molar-refractivity contribution in [1.82, 2.24) is 9.88 Å². The van der Waals surface area contributed by atoms with E-state index in [2.05, 4.69) is 5.32 Å². The number of benzene rings is 1. The second-order valence-electron chi connectivity index (χ2n) is 8.41. The van der Waals surface area contributed by atoms with E-state index in [1.54, 1.807) is 0 Å². The van der Waals surface area contributed by atoms with Crippen molar-refractivity contribution >= 4 is 22.6 Å². The lowest BCUT2D eigenvalue weighted by Crippen LogP contribution is -2.40. The largest absolute Gasteiger partial charge is 0.492 e. The van der Waals surface area contributed by atoms with Gasteiger partial charge in [0.2, 0.25) is 5.43 Å². The van der Waals surface area contributed by atoms with Gasteiger partial charge < -0.3 is 24.6 Å². The number of hydrogen-bond donors (Lipinski definition) is 2. The number of methoxy groups -OCH3 is 1. The van der Waals surface area contributed by atoms with Gasteiger partial charge in [0, 0.05) is 31.7 Å². The van der Waals surface area contributed by atoms with Gasteiger partial charge in [-0.15, -0.1) is 0 Å². The van der Waals surface area contributed by atoms with Crippen molar-refractivity contribution < 1.29 is 23.4 Å². The third kappa shape index (κ3) is 2.86. The van der Waals surface area contributed by atoms with Crippen LogP contribution in [0.5, 0.6) is 5.75 Å². The average Bonchev–Trinajstić information content (AvgIpc) is 3.29. The zero-order valence-corrected chi connectivity index (χ0v) is 16.5. The fourth-order valence-electron chi connectivity index (χ4n) is 5.01. The highest BCUT2D eigenvalue weighted by molar-refractivity contribution is 5.97. The highest BCUT2D eigenvalue weighted by atomic mass is 19.1. The van der Waals surface area contributed by atoms with Crippen LogP contribution in [-0.4, -0.2) is 54.6 Å². The van der Waals surface area contributed by atoms with E-state index < -0.39 is 35.0 Å².